The molecule has 0 atom stereocenters. The minimum absolute atomic E-state index is 0.144. The Labute approximate surface area is 97.4 Å². The van der Waals surface area contributed by atoms with Crippen LogP contribution >= 0.6 is 0 Å². The molecule has 0 aliphatic heterocycles. The molecule has 0 bridgehead atoms. The van der Waals surface area contributed by atoms with Crippen molar-refractivity contribution in [2.24, 2.45) is 0 Å². The molecule has 17 heavy (non-hydrogen) atoms. The third-order valence-electron chi connectivity index (χ3n) is 1.87. The maximum absolute atomic E-state index is 11.5. The van der Waals surface area contributed by atoms with E-state index in [1.54, 1.807) is 0 Å². The SMILES string of the molecule is COCCONC(=O)c1cccc([N+](=O)[O-])c1. The number of ether oxygens (including phenoxy) is 1. The van der Waals surface area contributed by atoms with Gasteiger partial charge in [0.25, 0.3) is 11.6 Å². The third kappa shape index (κ3) is 4.17. The van der Waals surface area contributed by atoms with Crippen LogP contribution in [0, 0.1) is 10.1 Å². The standard InChI is InChI=1S/C10H12N2O5/c1-16-5-6-17-11-10(13)8-3-2-4-9(7-8)12(14)15/h2-4,7H,5-6H2,1H3,(H,11,13). The average Bonchev–Trinajstić information content (AvgIpc) is 2.34. The summed E-state index contributed by atoms with van der Waals surface area (Å²) in [5.74, 6) is -0.537. The predicted molar refractivity (Wildman–Crippen MR) is 58.4 cm³/mol. The molecule has 1 N–H and O–H groups in total. The lowest BCUT2D eigenvalue weighted by Crippen LogP contribution is -2.25. The molecule has 1 amide bonds. The predicted octanol–water partition coefficient (Wildman–Crippen LogP) is 0.903. The molecule has 1 aromatic rings. The highest BCUT2D eigenvalue weighted by atomic mass is 16.7. The molecule has 92 valence electrons. The number of amides is 1. The number of benzene rings is 1. The van der Waals surface area contributed by atoms with Gasteiger partial charge in [-0.3, -0.25) is 19.7 Å². The van der Waals surface area contributed by atoms with Gasteiger partial charge in [-0.15, -0.1) is 0 Å². The molecule has 0 saturated carbocycles. The van der Waals surface area contributed by atoms with E-state index < -0.39 is 10.8 Å². The summed E-state index contributed by atoms with van der Waals surface area (Å²) in [5.41, 5.74) is 2.18. The zero-order chi connectivity index (χ0) is 12.7. The van der Waals surface area contributed by atoms with Crippen LogP contribution in [-0.4, -0.2) is 31.2 Å². The Bertz CT molecular complexity index is 407. The zero-order valence-corrected chi connectivity index (χ0v) is 9.21. The maximum Gasteiger partial charge on any atom is 0.275 e. The van der Waals surface area contributed by atoms with Gasteiger partial charge in [-0.05, 0) is 6.07 Å². The zero-order valence-electron chi connectivity index (χ0n) is 9.21. The smallest absolute Gasteiger partial charge is 0.275 e. The monoisotopic (exact) mass is 240 g/mol. The van der Waals surface area contributed by atoms with Crippen LogP contribution in [0.25, 0.3) is 0 Å². The molecule has 0 heterocycles. The number of nitrogens with one attached hydrogen (secondary N) is 1. The van der Waals surface area contributed by atoms with Crippen molar-refractivity contribution in [3.05, 3.63) is 39.9 Å². The molecule has 1 aromatic carbocycles. The Balaban J connectivity index is 2.56. The first-order chi connectivity index (χ1) is 8.15. The van der Waals surface area contributed by atoms with Crippen molar-refractivity contribution < 1.29 is 19.3 Å². The highest BCUT2D eigenvalue weighted by Gasteiger charge is 2.11. The number of methoxy groups -OCH3 is 1. The van der Waals surface area contributed by atoms with Gasteiger partial charge in [0.1, 0.15) is 0 Å². The summed E-state index contributed by atoms with van der Waals surface area (Å²) in [6.45, 7) is 0.548. The minimum atomic E-state index is -0.567. The van der Waals surface area contributed by atoms with Crippen molar-refractivity contribution >= 4 is 11.6 Å². The topological polar surface area (TPSA) is 90.7 Å². The lowest BCUT2D eigenvalue weighted by molar-refractivity contribution is -0.384. The third-order valence-corrected chi connectivity index (χ3v) is 1.87. The van der Waals surface area contributed by atoms with E-state index in [0.29, 0.717) is 6.61 Å². The van der Waals surface area contributed by atoms with Crippen LogP contribution < -0.4 is 5.48 Å². The average molecular weight is 240 g/mol. The van der Waals surface area contributed by atoms with E-state index in [9.17, 15) is 14.9 Å². The molecule has 7 nitrogen and oxygen atoms in total. The fourth-order valence-corrected chi connectivity index (χ4v) is 1.06. The van der Waals surface area contributed by atoms with Gasteiger partial charge < -0.3 is 4.74 Å². The van der Waals surface area contributed by atoms with Crippen molar-refractivity contribution in [1.82, 2.24) is 5.48 Å². The van der Waals surface area contributed by atoms with Crippen LogP contribution in [-0.2, 0) is 9.57 Å². The summed E-state index contributed by atoms with van der Waals surface area (Å²) in [5, 5.41) is 10.5. The van der Waals surface area contributed by atoms with Gasteiger partial charge in [-0.25, -0.2) is 5.48 Å². The van der Waals surface area contributed by atoms with Crippen LogP contribution in [0.5, 0.6) is 0 Å². The van der Waals surface area contributed by atoms with E-state index in [4.69, 9.17) is 9.57 Å². The van der Waals surface area contributed by atoms with Crippen molar-refractivity contribution in [2.75, 3.05) is 20.3 Å². The molecule has 0 aliphatic rings. The van der Waals surface area contributed by atoms with Crippen molar-refractivity contribution in [3.8, 4) is 0 Å². The summed E-state index contributed by atoms with van der Waals surface area (Å²) < 4.78 is 4.71. The van der Waals surface area contributed by atoms with E-state index in [2.05, 4.69) is 5.48 Å². The lowest BCUT2D eigenvalue weighted by Gasteiger charge is -2.04. The Morgan fingerprint density at radius 1 is 1.47 bits per heavy atom. The molecule has 0 fully saturated rings. The first-order valence-corrected chi connectivity index (χ1v) is 4.80. The lowest BCUT2D eigenvalue weighted by atomic mass is 10.2. The van der Waals surface area contributed by atoms with Gasteiger partial charge >= 0.3 is 0 Å². The van der Waals surface area contributed by atoms with Gasteiger partial charge in [-0.1, -0.05) is 6.07 Å². The van der Waals surface area contributed by atoms with E-state index >= 15 is 0 Å². The molecular formula is C10H12N2O5. The largest absolute Gasteiger partial charge is 0.382 e. The van der Waals surface area contributed by atoms with Crippen LogP contribution in [0.4, 0.5) is 5.69 Å². The highest BCUT2D eigenvalue weighted by molar-refractivity contribution is 5.94. The van der Waals surface area contributed by atoms with Gasteiger partial charge in [0.15, 0.2) is 0 Å². The Kier molecular flexibility index (Phi) is 5.05. The molecular weight excluding hydrogens is 228 g/mol. The number of non-ortho nitro benzene ring substituents is 1. The van der Waals surface area contributed by atoms with Gasteiger partial charge in [0.2, 0.25) is 0 Å². The normalized spacial score (nSPS) is 9.94. The van der Waals surface area contributed by atoms with Crippen molar-refractivity contribution in [3.63, 3.8) is 0 Å². The van der Waals surface area contributed by atoms with E-state index in [0.717, 1.165) is 0 Å². The second-order valence-electron chi connectivity index (χ2n) is 3.08. The van der Waals surface area contributed by atoms with Crippen LogP contribution in [0.3, 0.4) is 0 Å². The molecule has 0 spiro atoms. The van der Waals surface area contributed by atoms with Gasteiger partial charge in [0, 0.05) is 24.8 Å². The van der Waals surface area contributed by atoms with E-state index in [1.165, 1.54) is 31.4 Å². The molecule has 0 aromatic heterocycles. The summed E-state index contributed by atoms with van der Waals surface area (Å²) >= 11 is 0. The van der Waals surface area contributed by atoms with Crippen LogP contribution in [0.15, 0.2) is 24.3 Å². The highest BCUT2D eigenvalue weighted by Crippen LogP contribution is 2.12. The fourth-order valence-electron chi connectivity index (χ4n) is 1.06. The molecule has 7 heteroatoms. The van der Waals surface area contributed by atoms with Crippen LogP contribution in [0.1, 0.15) is 10.4 Å². The van der Waals surface area contributed by atoms with Gasteiger partial charge in [-0.2, -0.15) is 0 Å². The quantitative estimate of drug-likeness (QED) is 0.453. The fraction of sp³-hybridized carbons (Fsp3) is 0.300. The Morgan fingerprint density at radius 3 is 2.88 bits per heavy atom. The van der Waals surface area contributed by atoms with Gasteiger partial charge in [0.05, 0.1) is 18.1 Å². The number of nitro groups is 1. The molecule has 0 radical (unpaired) electrons. The number of nitro benzene ring substituents is 1. The van der Waals surface area contributed by atoms with Crippen molar-refractivity contribution in [2.45, 2.75) is 0 Å². The number of hydrogen-bond acceptors (Lipinski definition) is 5. The first-order valence-electron chi connectivity index (χ1n) is 4.80. The second-order valence-corrected chi connectivity index (χ2v) is 3.08. The number of carbonyl (C=O) groups is 1. The molecule has 0 aliphatic carbocycles. The number of rotatable bonds is 6. The molecule has 0 saturated heterocycles. The molecule has 1 rings (SSSR count). The molecule has 0 unspecified atom stereocenters. The first kappa shape index (κ1) is 13.1. The number of hydrogen-bond donors (Lipinski definition) is 1. The summed E-state index contributed by atoms with van der Waals surface area (Å²) in [6, 6.07) is 5.38. The Hall–Kier alpha value is -1.99. The van der Waals surface area contributed by atoms with Crippen LogP contribution in [0.2, 0.25) is 0 Å². The summed E-state index contributed by atoms with van der Waals surface area (Å²) in [7, 11) is 1.51. The maximum atomic E-state index is 11.5. The summed E-state index contributed by atoms with van der Waals surface area (Å²) in [4.78, 5) is 26.2. The number of hydroxylamine groups is 1. The minimum Gasteiger partial charge on any atom is -0.382 e. The second kappa shape index (κ2) is 6.56. The summed E-state index contributed by atoms with van der Waals surface area (Å²) in [6.07, 6.45) is 0. The van der Waals surface area contributed by atoms with E-state index in [1.807, 2.05) is 0 Å². The van der Waals surface area contributed by atoms with Crippen molar-refractivity contribution in [1.29, 1.82) is 0 Å². The van der Waals surface area contributed by atoms with E-state index in [-0.39, 0.29) is 17.9 Å². The number of carbonyl (C=O) groups excluding carboxylic acids is 1. The Morgan fingerprint density at radius 2 is 2.24 bits per heavy atom. The number of nitrogens with zero attached hydrogens (tertiary/aromatic N) is 1.